The van der Waals surface area contributed by atoms with Crippen molar-refractivity contribution in [2.45, 2.75) is 47.2 Å². The van der Waals surface area contributed by atoms with E-state index in [1.165, 1.54) is 0 Å². The number of benzene rings is 1. The minimum Gasteiger partial charge on any atom is -0.383 e. The molecule has 0 spiro atoms. The molecule has 2 N–H and O–H groups in total. The van der Waals surface area contributed by atoms with Gasteiger partial charge in [0.2, 0.25) is 0 Å². The van der Waals surface area contributed by atoms with E-state index >= 15 is 0 Å². The second-order valence-corrected chi connectivity index (χ2v) is 9.45. The molecular weight excluding hydrogens is 404 g/mol. The van der Waals surface area contributed by atoms with Crippen molar-refractivity contribution in [2.75, 3.05) is 19.0 Å². The van der Waals surface area contributed by atoms with Gasteiger partial charge in [0.1, 0.15) is 11.5 Å². The van der Waals surface area contributed by atoms with E-state index < -0.39 is 0 Å². The Morgan fingerprint density at radius 2 is 1.78 bits per heavy atom. The van der Waals surface area contributed by atoms with E-state index in [4.69, 9.17) is 4.74 Å². The number of pyridine rings is 1. The van der Waals surface area contributed by atoms with Crippen LogP contribution in [0.2, 0.25) is 0 Å². The maximum Gasteiger partial charge on any atom is 0.256 e. The largest absolute Gasteiger partial charge is 0.383 e. The minimum absolute atomic E-state index is 0.0220. The summed E-state index contributed by atoms with van der Waals surface area (Å²) < 4.78 is 7.10. The van der Waals surface area contributed by atoms with Gasteiger partial charge in [-0.1, -0.05) is 38.5 Å². The predicted molar refractivity (Wildman–Crippen MR) is 127 cm³/mol. The number of nitrogens with one attached hydrogen (secondary N) is 2. The zero-order chi connectivity index (χ0) is 23.5. The number of nitrogens with zero attached hydrogens (tertiary/aromatic N) is 2. The number of carbonyl (C=O) groups is 2. The van der Waals surface area contributed by atoms with Crippen LogP contribution in [0.15, 0.2) is 42.6 Å². The molecule has 170 valence electrons. The summed E-state index contributed by atoms with van der Waals surface area (Å²) in [5.41, 5.74) is 2.84. The molecule has 7 heteroatoms. The van der Waals surface area contributed by atoms with Crippen LogP contribution in [-0.2, 0) is 11.3 Å². The van der Waals surface area contributed by atoms with E-state index in [9.17, 15) is 9.59 Å². The number of methoxy groups -OCH3 is 1. The average Bonchev–Trinajstić information content (AvgIpc) is 3.05. The number of hydrogen-bond acceptors (Lipinski definition) is 4. The van der Waals surface area contributed by atoms with E-state index in [1.807, 2.05) is 42.8 Å². The Kier molecular flexibility index (Phi) is 6.99. The number of fused-ring (bicyclic) bond motifs is 1. The van der Waals surface area contributed by atoms with Gasteiger partial charge in [-0.25, -0.2) is 4.98 Å². The fourth-order valence-electron chi connectivity index (χ4n) is 3.53. The SMILES string of the molecule is COC[C@H](C)NC(=O)c1cn(CC(C)(C)C)c2nc(NC(=O)c3ccc(C)cc3)ccc12. The minimum atomic E-state index is -0.225. The van der Waals surface area contributed by atoms with Gasteiger partial charge in [-0.2, -0.15) is 0 Å². The van der Waals surface area contributed by atoms with Crippen LogP contribution in [0.4, 0.5) is 5.82 Å². The Balaban J connectivity index is 1.95. The van der Waals surface area contributed by atoms with Crippen molar-refractivity contribution < 1.29 is 14.3 Å². The molecule has 7 nitrogen and oxygen atoms in total. The first kappa shape index (κ1) is 23.5. The van der Waals surface area contributed by atoms with Crippen molar-refractivity contribution in [2.24, 2.45) is 5.41 Å². The number of anilines is 1. The highest BCUT2D eigenvalue weighted by atomic mass is 16.5. The van der Waals surface area contributed by atoms with Crippen molar-refractivity contribution in [1.82, 2.24) is 14.9 Å². The topological polar surface area (TPSA) is 85.2 Å². The number of amides is 2. The molecule has 0 fully saturated rings. The molecule has 3 rings (SSSR count). The molecule has 0 saturated carbocycles. The van der Waals surface area contributed by atoms with Crippen LogP contribution in [0.1, 0.15) is 54.0 Å². The highest BCUT2D eigenvalue weighted by Crippen LogP contribution is 2.26. The van der Waals surface area contributed by atoms with Gasteiger partial charge in [0.05, 0.1) is 12.2 Å². The summed E-state index contributed by atoms with van der Waals surface area (Å²) >= 11 is 0. The molecule has 1 aromatic carbocycles. The second kappa shape index (κ2) is 9.53. The number of rotatable bonds is 7. The molecule has 1 atom stereocenters. The van der Waals surface area contributed by atoms with Crippen molar-refractivity contribution in [3.05, 3.63) is 59.3 Å². The molecule has 0 aliphatic heterocycles. The van der Waals surface area contributed by atoms with Crippen molar-refractivity contribution in [3.63, 3.8) is 0 Å². The highest BCUT2D eigenvalue weighted by molar-refractivity contribution is 6.07. The van der Waals surface area contributed by atoms with E-state index in [1.54, 1.807) is 25.3 Å². The fraction of sp³-hybridized carbons (Fsp3) is 0.400. The van der Waals surface area contributed by atoms with Crippen molar-refractivity contribution in [3.8, 4) is 0 Å². The fourth-order valence-corrected chi connectivity index (χ4v) is 3.53. The Labute approximate surface area is 189 Å². The summed E-state index contributed by atoms with van der Waals surface area (Å²) in [7, 11) is 1.61. The molecule has 0 bridgehead atoms. The van der Waals surface area contributed by atoms with Gasteiger partial charge in [0.15, 0.2) is 0 Å². The lowest BCUT2D eigenvalue weighted by Crippen LogP contribution is -2.35. The smallest absolute Gasteiger partial charge is 0.256 e. The third kappa shape index (κ3) is 5.73. The number of hydrogen-bond donors (Lipinski definition) is 2. The van der Waals surface area contributed by atoms with E-state index in [-0.39, 0.29) is 23.3 Å². The van der Waals surface area contributed by atoms with Crippen LogP contribution in [-0.4, -0.2) is 41.1 Å². The molecule has 3 aromatic rings. The Morgan fingerprint density at radius 3 is 2.41 bits per heavy atom. The molecule has 0 saturated heterocycles. The molecule has 0 radical (unpaired) electrons. The normalized spacial score (nSPS) is 12.6. The molecule has 0 aliphatic rings. The van der Waals surface area contributed by atoms with Gasteiger partial charge in [-0.15, -0.1) is 0 Å². The van der Waals surface area contributed by atoms with Gasteiger partial charge >= 0.3 is 0 Å². The first-order chi connectivity index (χ1) is 15.1. The van der Waals surface area contributed by atoms with Crippen molar-refractivity contribution in [1.29, 1.82) is 0 Å². The Bertz CT molecular complexity index is 1110. The third-order valence-electron chi connectivity index (χ3n) is 4.96. The molecule has 0 unspecified atom stereocenters. The zero-order valence-corrected chi connectivity index (χ0v) is 19.7. The lowest BCUT2D eigenvalue weighted by Gasteiger charge is -2.19. The van der Waals surface area contributed by atoms with Gasteiger partial charge in [-0.3, -0.25) is 9.59 Å². The second-order valence-electron chi connectivity index (χ2n) is 9.45. The molecule has 2 heterocycles. The number of aryl methyl sites for hydroxylation is 1. The third-order valence-corrected chi connectivity index (χ3v) is 4.96. The van der Waals surface area contributed by atoms with Crippen LogP contribution in [0.5, 0.6) is 0 Å². The van der Waals surface area contributed by atoms with E-state index in [2.05, 4.69) is 36.4 Å². The van der Waals surface area contributed by atoms with Gasteiger partial charge in [-0.05, 0) is 43.5 Å². The monoisotopic (exact) mass is 436 g/mol. The van der Waals surface area contributed by atoms with Crippen molar-refractivity contribution >= 4 is 28.7 Å². The number of ether oxygens (including phenoxy) is 1. The first-order valence-corrected chi connectivity index (χ1v) is 10.7. The van der Waals surface area contributed by atoms with Crippen LogP contribution in [0.3, 0.4) is 0 Å². The van der Waals surface area contributed by atoms with E-state index in [0.29, 0.717) is 35.7 Å². The maximum atomic E-state index is 12.9. The number of aromatic nitrogens is 2. The van der Waals surface area contributed by atoms with Crippen LogP contribution in [0, 0.1) is 12.3 Å². The average molecular weight is 437 g/mol. The predicted octanol–water partition coefficient (Wildman–Crippen LogP) is 4.41. The first-order valence-electron chi connectivity index (χ1n) is 10.7. The Hall–Kier alpha value is -3.19. The van der Waals surface area contributed by atoms with Gasteiger partial charge in [0.25, 0.3) is 11.8 Å². The molecule has 2 aromatic heterocycles. The molecular formula is C25H32N4O3. The summed E-state index contributed by atoms with van der Waals surface area (Å²) in [6.45, 7) is 11.4. The summed E-state index contributed by atoms with van der Waals surface area (Å²) in [6.07, 6.45) is 1.84. The summed E-state index contributed by atoms with van der Waals surface area (Å²) in [6, 6.07) is 10.8. The van der Waals surface area contributed by atoms with Gasteiger partial charge in [0, 0.05) is 36.8 Å². The summed E-state index contributed by atoms with van der Waals surface area (Å²) in [5.74, 6) is 0.0404. The standard InChI is InChI=1S/C25H32N4O3/c1-16-7-9-18(10-8-16)23(30)28-21-12-11-19-20(24(31)26-17(2)14-32-6)13-29(22(19)27-21)15-25(3,4)5/h7-13,17H,14-15H2,1-6H3,(H,26,31)(H,27,28,30)/t17-/m0/s1. The number of carbonyl (C=O) groups excluding carboxylic acids is 2. The van der Waals surface area contributed by atoms with Crippen LogP contribution in [0.25, 0.3) is 11.0 Å². The quantitative estimate of drug-likeness (QED) is 0.575. The lowest BCUT2D eigenvalue weighted by atomic mass is 9.97. The zero-order valence-electron chi connectivity index (χ0n) is 19.7. The van der Waals surface area contributed by atoms with Gasteiger partial charge < -0.3 is 19.9 Å². The summed E-state index contributed by atoms with van der Waals surface area (Å²) in [5, 5.41) is 6.57. The van der Waals surface area contributed by atoms with Crippen LogP contribution >= 0.6 is 0 Å². The molecule has 0 aliphatic carbocycles. The Morgan fingerprint density at radius 1 is 1.09 bits per heavy atom. The highest BCUT2D eigenvalue weighted by Gasteiger charge is 2.21. The van der Waals surface area contributed by atoms with E-state index in [0.717, 1.165) is 10.9 Å². The lowest BCUT2D eigenvalue weighted by molar-refractivity contribution is 0.0906. The van der Waals surface area contributed by atoms with Crippen LogP contribution < -0.4 is 10.6 Å². The molecule has 2 amide bonds. The molecule has 32 heavy (non-hydrogen) atoms. The summed E-state index contributed by atoms with van der Waals surface area (Å²) in [4.78, 5) is 30.2. The maximum absolute atomic E-state index is 12.9.